The van der Waals surface area contributed by atoms with E-state index >= 15 is 0 Å². The van der Waals surface area contributed by atoms with Crippen LogP contribution in [0.3, 0.4) is 0 Å². The van der Waals surface area contributed by atoms with Gasteiger partial charge in [-0.3, -0.25) is 0 Å². The molecule has 1 aliphatic rings. The maximum atomic E-state index is 6.36. The van der Waals surface area contributed by atoms with E-state index in [0.29, 0.717) is 6.10 Å². The van der Waals surface area contributed by atoms with Crippen molar-refractivity contribution in [2.45, 2.75) is 29.9 Å². The molecular weight excluding hydrogens is 266 g/mol. The lowest BCUT2D eigenvalue weighted by molar-refractivity contribution is 0.303. The average Bonchev–Trinajstić information content (AvgIpc) is 3.31. The molecule has 1 unspecified atom stereocenters. The summed E-state index contributed by atoms with van der Waals surface area (Å²) in [7, 11) is 0. The van der Waals surface area contributed by atoms with Gasteiger partial charge >= 0.3 is 0 Å². The second-order valence-corrected chi connectivity index (χ2v) is 6.02. The SMILES string of the molecule is CSc1ccc(C(N)c2cccc(OC3CC3)c2)cc1. The topological polar surface area (TPSA) is 35.2 Å². The molecule has 0 aromatic heterocycles. The number of thioether (sulfide) groups is 1. The van der Waals surface area contributed by atoms with Crippen LogP contribution in [0.15, 0.2) is 53.4 Å². The predicted octanol–water partition coefficient (Wildman–Crippen LogP) is 4.00. The minimum Gasteiger partial charge on any atom is -0.490 e. The quantitative estimate of drug-likeness (QED) is 0.843. The van der Waals surface area contributed by atoms with Crippen LogP contribution < -0.4 is 10.5 Å². The first-order valence-electron chi connectivity index (χ1n) is 6.92. The number of nitrogens with two attached hydrogens (primary N) is 1. The zero-order valence-electron chi connectivity index (χ0n) is 11.6. The molecule has 0 spiro atoms. The lowest BCUT2D eigenvalue weighted by Crippen LogP contribution is -2.12. The van der Waals surface area contributed by atoms with E-state index in [0.717, 1.165) is 16.9 Å². The molecule has 0 saturated heterocycles. The van der Waals surface area contributed by atoms with Gasteiger partial charge in [-0.25, -0.2) is 0 Å². The Bertz CT molecular complexity index is 578. The van der Waals surface area contributed by atoms with Crippen molar-refractivity contribution in [1.82, 2.24) is 0 Å². The zero-order valence-corrected chi connectivity index (χ0v) is 12.4. The molecule has 3 rings (SSSR count). The Kier molecular flexibility index (Phi) is 3.99. The van der Waals surface area contributed by atoms with Crippen LogP contribution in [0.25, 0.3) is 0 Å². The summed E-state index contributed by atoms with van der Waals surface area (Å²) in [5.74, 6) is 0.932. The normalized spacial score (nSPS) is 15.9. The highest BCUT2D eigenvalue weighted by molar-refractivity contribution is 7.98. The average molecular weight is 285 g/mol. The molecule has 2 nitrogen and oxygen atoms in total. The maximum absolute atomic E-state index is 6.36. The largest absolute Gasteiger partial charge is 0.490 e. The molecule has 1 saturated carbocycles. The fourth-order valence-corrected chi connectivity index (χ4v) is 2.57. The fraction of sp³-hybridized carbons (Fsp3) is 0.294. The molecule has 1 atom stereocenters. The number of rotatable bonds is 5. The van der Waals surface area contributed by atoms with Gasteiger partial charge in [0.15, 0.2) is 0 Å². The predicted molar refractivity (Wildman–Crippen MR) is 84.3 cm³/mol. The Balaban J connectivity index is 1.79. The van der Waals surface area contributed by atoms with E-state index in [1.807, 2.05) is 12.1 Å². The Hall–Kier alpha value is -1.45. The van der Waals surface area contributed by atoms with Gasteiger partial charge in [0.2, 0.25) is 0 Å². The van der Waals surface area contributed by atoms with Crippen molar-refractivity contribution in [2.24, 2.45) is 5.73 Å². The van der Waals surface area contributed by atoms with E-state index in [4.69, 9.17) is 10.5 Å². The third-order valence-electron chi connectivity index (χ3n) is 3.52. The van der Waals surface area contributed by atoms with E-state index in [9.17, 15) is 0 Å². The van der Waals surface area contributed by atoms with E-state index in [1.165, 1.54) is 17.7 Å². The molecular formula is C17H19NOS. The fourth-order valence-electron chi connectivity index (χ4n) is 2.16. The lowest BCUT2D eigenvalue weighted by Gasteiger charge is -2.14. The molecule has 1 aliphatic carbocycles. The summed E-state index contributed by atoms with van der Waals surface area (Å²) in [4.78, 5) is 1.26. The molecule has 2 N–H and O–H groups in total. The standard InChI is InChI=1S/C17H19NOS/c1-20-16-9-5-12(6-10-16)17(18)13-3-2-4-15(11-13)19-14-7-8-14/h2-6,9-11,14,17H,7-8,18H2,1H3. The highest BCUT2D eigenvalue weighted by Crippen LogP contribution is 2.29. The van der Waals surface area contributed by atoms with Crippen molar-refractivity contribution in [3.63, 3.8) is 0 Å². The van der Waals surface area contributed by atoms with Crippen LogP contribution in [-0.4, -0.2) is 12.4 Å². The van der Waals surface area contributed by atoms with Crippen molar-refractivity contribution in [3.05, 3.63) is 59.7 Å². The molecule has 0 amide bonds. The molecule has 3 heteroatoms. The van der Waals surface area contributed by atoms with Crippen LogP contribution in [0.5, 0.6) is 5.75 Å². The number of hydrogen-bond acceptors (Lipinski definition) is 3. The highest BCUT2D eigenvalue weighted by Gasteiger charge is 2.23. The smallest absolute Gasteiger partial charge is 0.120 e. The summed E-state index contributed by atoms with van der Waals surface area (Å²) >= 11 is 1.74. The van der Waals surface area contributed by atoms with Crippen LogP contribution in [0, 0.1) is 0 Å². The molecule has 0 bridgehead atoms. The van der Waals surface area contributed by atoms with Crippen LogP contribution in [0.1, 0.15) is 30.0 Å². The third-order valence-corrected chi connectivity index (χ3v) is 4.26. The second kappa shape index (κ2) is 5.90. The van der Waals surface area contributed by atoms with Gasteiger partial charge in [-0.05, 0) is 54.5 Å². The molecule has 2 aromatic rings. The monoisotopic (exact) mass is 285 g/mol. The Morgan fingerprint density at radius 2 is 1.85 bits per heavy atom. The summed E-state index contributed by atoms with van der Waals surface area (Å²) in [6.07, 6.45) is 4.84. The van der Waals surface area contributed by atoms with E-state index < -0.39 is 0 Å². The highest BCUT2D eigenvalue weighted by atomic mass is 32.2. The number of ether oxygens (including phenoxy) is 1. The third kappa shape index (κ3) is 3.17. The van der Waals surface area contributed by atoms with Gasteiger partial charge in [-0.1, -0.05) is 24.3 Å². The molecule has 0 heterocycles. The zero-order chi connectivity index (χ0) is 13.9. The Morgan fingerprint density at radius 1 is 1.10 bits per heavy atom. The number of benzene rings is 2. The van der Waals surface area contributed by atoms with Crippen molar-refractivity contribution in [3.8, 4) is 5.75 Å². The van der Waals surface area contributed by atoms with Crippen molar-refractivity contribution in [1.29, 1.82) is 0 Å². The van der Waals surface area contributed by atoms with Crippen molar-refractivity contribution < 1.29 is 4.74 Å². The first kappa shape index (κ1) is 13.5. The minimum absolute atomic E-state index is 0.103. The summed E-state index contributed by atoms with van der Waals surface area (Å²) in [5, 5.41) is 0. The van der Waals surface area contributed by atoms with E-state index in [-0.39, 0.29) is 6.04 Å². The van der Waals surface area contributed by atoms with Gasteiger partial charge in [0.1, 0.15) is 5.75 Å². The van der Waals surface area contributed by atoms with Crippen molar-refractivity contribution >= 4 is 11.8 Å². The number of hydrogen-bond donors (Lipinski definition) is 1. The molecule has 20 heavy (non-hydrogen) atoms. The van der Waals surface area contributed by atoms with Crippen LogP contribution in [0.2, 0.25) is 0 Å². The van der Waals surface area contributed by atoms with E-state index in [1.54, 1.807) is 11.8 Å². The first-order valence-corrected chi connectivity index (χ1v) is 8.15. The van der Waals surface area contributed by atoms with E-state index in [2.05, 4.69) is 42.7 Å². The van der Waals surface area contributed by atoms with Crippen LogP contribution in [-0.2, 0) is 0 Å². The second-order valence-electron chi connectivity index (χ2n) is 5.14. The summed E-state index contributed by atoms with van der Waals surface area (Å²) in [5.41, 5.74) is 8.59. The molecule has 2 aromatic carbocycles. The molecule has 1 fully saturated rings. The van der Waals surface area contributed by atoms with Gasteiger partial charge in [-0.15, -0.1) is 11.8 Å². The van der Waals surface area contributed by atoms with Crippen molar-refractivity contribution in [2.75, 3.05) is 6.26 Å². The molecule has 0 aliphatic heterocycles. The molecule has 104 valence electrons. The van der Waals surface area contributed by atoms with Crippen LogP contribution in [0.4, 0.5) is 0 Å². The summed E-state index contributed by atoms with van der Waals surface area (Å²) in [6.45, 7) is 0. The summed E-state index contributed by atoms with van der Waals surface area (Å²) < 4.78 is 5.83. The van der Waals surface area contributed by atoms with Crippen LogP contribution >= 0.6 is 11.8 Å². The lowest BCUT2D eigenvalue weighted by atomic mass is 9.99. The summed E-state index contributed by atoms with van der Waals surface area (Å²) in [6, 6.07) is 16.5. The Morgan fingerprint density at radius 3 is 2.50 bits per heavy atom. The van der Waals surface area contributed by atoms with Gasteiger partial charge in [-0.2, -0.15) is 0 Å². The Labute approximate surface area is 124 Å². The van der Waals surface area contributed by atoms with Gasteiger partial charge < -0.3 is 10.5 Å². The first-order chi connectivity index (χ1) is 9.76. The maximum Gasteiger partial charge on any atom is 0.120 e. The van der Waals surface area contributed by atoms with Gasteiger partial charge in [0.05, 0.1) is 12.1 Å². The van der Waals surface area contributed by atoms with Gasteiger partial charge in [0.25, 0.3) is 0 Å². The molecule has 0 radical (unpaired) electrons. The minimum atomic E-state index is -0.103. The van der Waals surface area contributed by atoms with Gasteiger partial charge in [0, 0.05) is 4.90 Å².